The van der Waals surface area contributed by atoms with Crippen molar-refractivity contribution >= 4 is 23.5 Å². The van der Waals surface area contributed by atoms with Gasteiger partial charge in [0.15, 0.2) is 5.76 Å². The highest BCUT2D eigenvalue weighted by molar-refractivity contribution is 6.33. The van der Waals surface area contributed by atoms with E-state index in [-0.39, 0.29) is 23.6 Å². The van der Waals surface area contributed by atoms with E-state index in [9.17, 15) is 9.59 Å². The molecular weight excluding hydrogens is 428 g/mol. The quantitative estimate of drug-likeness (QED) is 0.402. The highest BCUT2D eigenvalue weighted by Crippen LogP contribution is 2.37. The number of amides is 1. The summed E-state index contributed by atoms with van der Waals surface area (Å²) < 4.78 is 5.63. The molecule has 7 heteroatoms. The Morgan fingerprint density at radius 2 is 1.72 bits per heavy atom. The Hall–Kier alpha value is -3.90. The molecule has 4 aromatic rings. The van der Waals surface area contributed by atoms with E-state index in [1.807, 2.05) is 49.4 Å². The SMILES string of the molecule is Cc1cccc(Cl)c1-c1noc(-c2ccccc2)c1C(=O)NCc1ccc(C(=O)O)cc1. The maximum atomic E-state index is 13.3. The molecule has 0 aliphatic carbocycles. The Kier molecular flexibility index (Phi) is 6.05. The largest absolute Gasteiger partial charge is 0.478 e. The molecule has 160 valence electrons. The minimum atomic E-state index is -1.00. The number of aryl methyl sites for hydroxylation is 1. The van der Waals surface area contributed by atoms with Crippen LogP contribution in [0.1, 0.15) is 31.8 Å². The second-order valence-electron chi connectivity index (χ2n) is 7.22. The van der Waals surface area contributed by atoms with Crippen LogP contribution in [0.5, 0.6) is 0 Å². The molecule has 0 unspecified atom stereocenters. The second-order valence-corrected chi connectivity index (χ2v) is 7.63. The fourth-order valence-corrected chi connectivity index (χ4v) is 3.74. The monoisotopic (exact) mass is 446 g/mol. The van der Waals surface area contributed by atoms with Crippen molar-refractivity contribution in [2.24, 2.45) is 0 Å². The summed E-state index contributed by atoms with van der Waals surface area (Å²) in [5.41, 5.74) is 3.81. The van der Waals surface area contributed by atoms with E-state index in [1.165, 1.54) is 12.1 Å². The first kappa shape index (κ1) is 21.3. The van der Waals surface area contributed by atoms with Crippen molar-refractivity contribution in [1.29, 1.82) is 0 Å². The summed E-state index contributed by atoms with van der Waals surface area (Å²) in [5, 5.41) is 16.6. The predicted molar refractivity (Wildman–Crippen MR) is 122 cm³/mol. The Bertz CT molecular complexity index is 1260. The van der Waals surface area contributed by atoms with Crippen molar-refractivity contribution in [3.05, 3.63) is 100 Å². The van der Waals surface area contributed by atoms with Gasteiger partial charge in [-0.2, -0.15) is 0 Å². The van der Waals surface area contributed by atoms with Gasteiger partial charge < -0.3 is 14.9 Å². The van der Waals surface area contributed by atoms with Crippen LogP contribution in [0.2, 0.25) is 5.02 Å². The number of carboxylic acid groups (broad SMARTS) is 1. The van der Waals surface area contributed by atoms with Crippen LogP contribution >= 0.6 is 11.6 Å². The number of hydrogen-bond donors (Lipinski definition) is 2. The number of hydrogen-bond acceptors (Lipinski definition) is 4. The van der Waals surface area contributed by atoms with E-state index in [0.717, 1.165) is 11.1 Å². The Balaban J connectivity index is 1.71. The molecule has 32 heavy (non-hydrogen) atoms. The molecule has 0 aliphatic rings. The lowest BCUT2D eigenvalue weighted by Gasteiger charge is -2.10. The summed E-state index contributed by atoms with van der Waals surface area (Å²) >= 11 is 6.45. The minimum Gasteiger partial charge on any atom is -0.478 e. The molecule has 1 heterocycles. The maximum Gasteiger partial charge on any atom is 0.335 e. The zero-order valence-electron chi connectivity index (χ0n) is 17.1. The normalized spacial score (nSPS) is 10.7. The van der Waals surface area contributed by atoms with E-state index in [2.05, 4.69) is 10.5 Å². The van der Waals surface area contributed by atoms with Gasteiger partial charge in [-0.05, 0) is 36.2 Å². The maximum absolute atomic E-state index is 13.3. The van der Waals surface area contributed by atoms with Gasteiger partial charge in [0.25, 0.3) is 5.91 Å². The lowest BCUT2D eigenvalue weighted by Crippen LogP contribution is -2.23. The first-order valence-electron chi connectivity index (χ1n) is 9.86. The molecule has 0 bridgehead atoms. The van der Waals surface area contributed by atoms with Gasteiger partial charge in [-0.25, -0.2) is 4.79 Å². The molecule has 0 atom stereocenters. The van der Waals surface area contributed by atoms with Crippen LogP contribution in [0.4, 0.5) is 0 Å². The molecule has 1 aromatic heterocycles. The predicted octanol–water partition coefficient (Wildman–Crippen LogP) is 5.60. The van der Waals surface area contributed by atoms with Gasteiger partial charge in [0.05, 0.1) is 10.6 Å². The molecule has 6 nitrogen and oxygen atoms in total. The third-order valence-electron chi connectivity index (χ3n) is 5.07. The average molecular weight is 447 g/mol. The zero-order valence-corrected chi connectivity index (χ0v) is 17.9. The van der Waals surface area contributed by atoms with Crippen LogP contribution in [0.25, 0.3) is 22.6 Å². The number of carboxylic acids is 1. The van der Waals surface area contributed by atoms with Crippen molar-refractivity contribution < 1.29 is 19.2 Å². The third-order valence-corrected chi connectivity index (χ3v) is 5.38. The molecule has 3 aromatic carbocycles. The molecule has 0 saturated heterocycles. The summed E-state index contributed by atoms with van der Waals surface area (Å²) in [5.74, 6) is -1.03. The molecule has 0 aliphatic heterocycles. The van der Waals surface area contributed by atoms with Gasteiger partial charge in [0.1, 0.15) is 11.3 Å². The van der Waals surface area contributed by atoms with Crippen molar-refractivity contribution in [3.63, 3.8) is 0 Å². The molecule has 0 radical (unpaired) electrons. The first-order chi connectivity index (χ1) is 15.5. The third kappa shape index (κ3) is 4.26. The number of rotatable bonds is 6. The number of benzene rings is 3. The van der Waals surface area contributed by atoms with Crippen LogP contribution in [0, 0.1) is 6.92 Å². The number of nitrogens with zero attached hydrogens (tertiary/aromatic N) is 1. The first-order valence-corrected chi connectivity index (χ1v) is 10.2. The van der Waals surface area contributed by atoms with Gasteiger partial charge in [0, 0.05) is 17.7 Å². The fourth-order valence-electron chi connectivity index (χ4n) is 3.43. The van der Waals surface area contributed by atoms with Gasteiger partial charge >= 0.3 is 5.97 Å². The van der Waals surface area contributed by atoms with Crippen LogP contribution in [0.15, 0.2) is 77.3 Å². The molecule has 0 spiro atoms. The van der Waals surface area contributed by atoms with Gasteiger partial charge in [-0.1, -0.05) is 71.4 Å². The summed E-state index contributed by atoms with van der Waals surface area (Å²) in [7, 11) is 0. The summed E-state index contributed by atoms with van der Waals surface area (Å²) in [6, 6.07) is 21.0. The molecule has 2 N–H and O–H groups in total. The van der Waals surface area contributed by atoms with Crippen molar-refractivity contribution in [2.45, 2.75) is 13.5 Å². The van der Waals surface area contributed by atoms with Gasteiger partial charge in [0.2, 0.25) is 0 Å². The standard InChI is InChI=1S/C25H19ClN2O4/c1-15-6-5-9-19(26)20(15)22-21(23(32-28-22)17-7-3-2-4-8-17)24(29)27-14-16-10-12-18(13-11-16)25(30)31/h2-13H,14H2,1H3,(H,27,29)(H,30,31). The molecule has 0 fully saturated rings. The average Bonchev–Trinajstić information content (AvgIpc) is 3.23. The highest BCUT2D eigenvalue weighted by Gasteiger charge is 2.27. The Labute approximate surface area is 189 Å². The summed E-state index contributed by atoms with van der Waals surface area (Å²) in [4.78, 5) is 24.4. The van der Waals surface area contributed by atoms with E-state index < -0.39 is 5.97 Å². The van der Waals surface area contributed by atoms with Crippen LogP contribution < -0.4 is 5.32 Å². The summed E-state index contributed by atoms with van der Waals surface area (Å²) in [6.45, 7) is 2.10. The highest BCUT2D eigenvalue weighted by atomic mass is 35.5. The van der Waals surface area contributed by atoms with Crippen LogP contribution in [-0.4, -0.2) is 22.1 Å². The topological polar surface area (TPSA) is 92.4 Å². The number of carbonyl (C=O) groups excluding carboxylic acids is 1. The minimum absolute atomic E-state index is 0.182. The Morgan fingerprint density at radius 3 is 2.38 bits per heavy atom. The fraction of sp³-hybridized carbons (Fsp3) is 0.0800. The van der Waals surface area contributed by atoms with E-state index in [4.69, 9.17) is 21.2 Å². The van der Waals surface area contributed by atoms with Crippen LogP contribution in [-0.2, 0) is 6.54 Å². The Morgan fingerprint density at radius 1 is 1.00 bits per heavy atom. The smallest absolute Gasteiger partial charge is 0.335 e. The van der Waals surface area contributed by atoms with Crippen LogP contribution in [0.3, 0.4) is 0 Å². The molecular formula is C25H19ClN2O4. The van der Waals surface area contributed by atoms with E-state index in [0.29, 0.717) is 27.6 Å². The van der Waals surface area contributed by atoms with E-state index >= 15 is 0 Å². The van der Waals surface area contributed by atoms with Gasteiger partial charge in [-0.3, -0.25) is 4.79 Å². The molecule has 0 saturated carbocycles. The molecule has 4 rings (SSSR count). The number of aromatic carboxylic acids is 1. The zero-order chi connectivity index (χ0) is 22.7. The van der Waals surface area contributed by atoms with Gasteiger partial charge in [-0.15, -0.1) is 0 Å². The van der Waals surface area contributed by atoms with Crippen molar-refractivity contribution in [2.75, 3.05) is 0 Å². The lowest BCUT2D eigenvalue weighted by atomic mass is 9.98. The molecule has 1 amide bonds. The number of carbonyl (C=O) groups is 2. The lowest BCUT2D eigenvalue weighted by molar-refractivity contribution is 0.0696. The second kappa shape index (κ2) is 9.08. The number of halogens is 1. The number of nitrogens with one attached hydrogen (secondary N) is 1. The van der Waals surface area contributed by atoms with E-state index in [1.54, 1.807) is 18.2 Å². The summed E-state index contributed by atoms with van der Waals surface area (Å²) in [6.07, 6.45) is 0. The van der Waals surface area contributed by atoms with Crippen molar-refractivity contribution in [3.8, 4) is 22.6 Å². The number of aromatic nitrogens is 1. The van der Waals surface area contributed by atoms with Crippen molar-refractivity contribution in [1.82, 2.24) is 10.5 Å².